The molecule has 1 aliphatic heterocycles. The Hall–Kier alpha value is -3.45. The Morgan fingerprint density at radius 1 is 1.10 bits per heavy atom. The van der Waals surface area contributed by atoms with Crippen LogP contribution in [-0.4, -0.2) is 23.9 Å². The second-order valence-electron chi connectivity index (χ2n) is 7.16. The molecule has 2 atom stereocenters. The van der Waals surface area contributed by atoms with E-state index in [1.165, 1.54) is 28.2 Å². The van der Waals surface area contributed by atoms with Gasteiger partial charge in [0.1, 0.15) is 12.1 Å². The molecule has 29 heavy (non-hydrogen) atoms. The fourth-order valence-electron chi connectivity index (χ4n) is 3.95. The Morgan fingerprint density at radius 3 is 2.62 bits per heavy atom. The third-order valence-electron chi connectivity index (χ3n) is 5.44. The van der Waals surface area contributed by atoms with Gasteiger partial charge in [0.25, 0.3) is 11.6 Å². The van der Waals surface area contributed by atoms with Gasteiger partial charge in [-0.15, -0.1) is 0 Å². The summed E-state index contributed by atoms with van der Waals surface area (Å²) in [7, 11) is 0. The number of amides is 1. The zero-order valence-electron chi connectivity index (χ0n) is 15.8. The van der Waals surface area contributed by atoms with Gasteiger partial charge in [-0.1, -0.05) is 36.4 Å². The molecule has 3 aromatic rings. The van der Waals surface area contributed by atoms with Gasteiger partial charge in [0.15, 0.2) is 11.8 Å². The monoisotopic (exact) mass is 392 g/mol. The van der Waals surface area contributed by atoms with Crippen LogP contribution in [0, 0.1) is 10.1 Å². The maximum Gasteiger partial charge on any atom is 0.282 e. The molecule has 4 rings (SSSR count). The number of hydrogen-bond acceptors (Lipinski definition) is 4. The summed E-state index contributed by atoms with van der Waals surface area (Å²) in [6.45, 7) is 2.09. The molecule has 1 amide bonds. The van der Waals surface area contributed by atoms with Crippen molar-refractivity contribution in [3.63, 3.8) is 0 Å². The zero-order valence-corrected chi connectivity index (χ0v) is 15.8. The molecule has 0 spiro atoms. The SMILES string of the molecule is O=C(NC[C@H](c1ccco1)[NH+]1CCc2ccccc2C1)c1ccccc1[N+](=O)[O-]. The minimum atomic E-state index is -0.536. The molecule has 0 radical (unpaired) electrons. The number of rotatable bonds is 6. The molecule has 0 aliphatic carbocycles. The van der Waals surface area contributed by atoms with Gasteiger partial charge in [0.2, 0.25) is 0 Å². The van der Waals surface area contributed by atoms with Crippen molar-refractivity contribution in [3.05, 3.63) is 99.5 Å². The van der Waals surface area contributed by atoms with Crippen LogP contribution in [0.15, 0.2) is 71.3 Å². The number of nitrogens with zero attached hydrogens (tertiary/aromatic N) is 1. The topological polar surface area (TPSA) is 89.8 Å². The number of carbonyl (C=O) groups is 1. The van der Waals surface area contributed by atoms with Gasteiger partial charge in [-0.3, -0.25) is 14.9 Å². The first-order valence-electron chi connectivity index (χ1n) is 9.60. The Morgan fingerprint density at radius 2 is 1.86 bits per heavy atom. The van der Waals surface area contributed by atoms with Crippen molar-refractivity contribution in [1.29, 1.82) is 0 Å². The normalized spacial score (nSPS) is 16.6. The number of nitro benzene ring substituents is 1. The number of carbonyl (C=O) groups excluding carboxylic acids is 1. The van der Waals surface area contributed by atoms with Crippen LogP contribution >= 0.6 is 0 Å². The largest absolute Gasteiger partial charge is 0.463 e. The standard InChI is InChI=1S/C22H21N3O4/c26-22(18-8-3-4-9-19(18)25(27)28)23-14-20(21-10-5-13-29-21)24-12-11-16-6-1-2-7-17(16)15-24/h1-10,13,20H,11-12,14-15H2,(H,23,26)/p+1/t20-/m1/s1. The summed E-state index contributed by atoms with van der Waals surface area (Å²) in [5.74, 6) is 0.341. The molecule has 0 bridgehead atoms. The van der Waals surface area contributed by atoms with E-state index >= 15 is 0 Å². The number of nitro groups is 1. The van der Waals surface area contributed by atoms with Gasteiger partial charge in [-0.05, 0) is 23.8 Å². The molecular weight excluding hydrogens is 370 g/mol. The van der Waals surface area contributed by atoms with Gasteiger partial charge in [-0.2, -0.15) is 0 Å². The molecule has 2 aromatic carbocycles. The molecule has 1 unspecified atom stereocenters. The number of hydrogen-bond donors (Lipinski definition) is 2. The van der Waals surface area contributed by atoms with Crippen molar-refractivity contribution in [2.45, 2.75) is 19.0 Å². The quantitative estimate of drug-likeness (QED) is 0.498. The Bertz CT molecular complexity index is 1020. The summed E-state index contributed by atoms with van der Waals surface area (Å²) in [6.07, 6.45) is 2.59. The Labute approximate surface area is 168 Å². The van der Waals surface area contributed by atoms with E-state index in [9.17, 15) is 14.9 Å². The fourth-order valence-corrected chi connectivity index (χ4v) is 3.95. The van der Waals surface area contributed by atoms with Gasteiger partial charge < -0.3 is 14.6 Å². The van der Waals surface area contributed by atoms with Crippen LogP contribution in [0.3, 0.4) is 0 Å². The van der Waals surface area contributed by atoms with E-state index in [1.54, 1.807) is 18.4 Å². The van der Waals surface area contributed by atoms with Crippen molar-refractivity contribution < 1.29 is 19.0 Å². The highest BCUT2D eigenvalue weighted by Gasteiger charge is 2.31. The highest BCUT2D eigenvalue weighted by atomic mass is 16.6. The lowest BCUT2D eigenvalue weighted by atomic mass is 9.98. The second-order valence-corrected chi connectivity index (χ2v) is 7.16. The van der Waals surface area contributed by atoms with E-state index < -0.39 is 10.8 Å². The predicted molar refractivity (Wildman–Crippen MR) is 107 cm³/mol. The smallest absolute Gasteiger partial charge is 0.282 e. The lowest BCUT2D eigenvalue weighted by Gasteiger charge is -2.31. The van der Waals surface area contributed by atoms with Crippen molar-refractivity contribution in [3.8, 4) is 0 Å². The van der Waals surface area contributed by atoms with E-state index in [-0.39, 0.29) is 17.3 Å². The maximum absolute atomic E-state index is 12.7. The number of para-hydroxylation sites is 1. The van der Waals surface area contributed by atoms with Gasteiger partial charge >= 0.3 is 0 Å². The molecule has 7 heteroatoms. The van der Waals surface area contributed by atoms with Crippen LogP contribution < -0.4 is 10.2 Å². The number of quaternary nitrogens is 1. The van der Waals surface area contributed by atoms with Crippen LogP contribution in [0.1, 0.15) is 33.3 Å². The van der Waals surface area contributed by atoms with Crippen LogP contribution in [-0.2, 0) is 13.0 Å². The van der Waals surface area contributed by atoms with E-state index in [0.717, 1.165) is 25.3 Å². The summed E-state index contributed by atoms with van der Waals surface area (Å²) in [6, 6.07) is 18.0. The predicted octanol–water partition coefficient (Wildman–Crippen LogP) is 2.30. The first kappa shape index (κ1) is 18.9. The van der Waals surface area contributed by atoms with Gasteiger partial charge in [0.05, 0.1) is 24.3 Å². The molecular formula is C22H22N3O4+. The van der Waals surface area contributed by atoms with E-state index in [4.69, 9.17) is 4.42 Å². The maximum atomic E-state index is 12.7. The summed E-state index contributed by atoms with van der Waals surface area (Å²) < 4.78 is 5.66. The molecule has 2 N–H and O–H groups in total. The molecule has 148 valence electrons. The molecule has 1 aromatic heterocycles. The third kappa shape index (κ3) is 4.05. The van der Waals surface area contributed by atoms with E-state index in [1.807, 2.05) is 18.2 Å². The molecule has 0 saturated carbocycles. The third-order valence-corrected chi connectivity index (χ3v) is 5.44. The number of fused-ring (bicyclic) bond motifs is 1. The first-order valence-corrected chi connectivity index (χ1v) is 9.60. The Kier molecular flexibility index (Phi) is 5.39. The lowest BCUT2D eigenvalue weighted by Crippen LogP contribution is -3.12. The van der Waals surface area contributed by atoms with Crippen LogP contribution in [0.4, 0.5) is 5.69 Å². The minimum Gasteiger partial charge on any atom is -0.463 e. The number of furan rings is 1. The van der Waals surface area contributed by atoms with Crippen LogP contribution in [0.5, 0.6) is 0 Å². The van der Waals surface area contributed by atoms with E-state index in [0.29, 0.717) is 6.54 Å². The summed E-state index contributed by atoms with van der Waals surface area (Å²) >= 11 is 0. The average Bonchev–Trinajstić information content (AvgIpc) is 3.28. The molecule has 0 fully saturated rings. The minimum absolute atomic E-state index is 0.0645. The van der Waals surface area contributed by atoms with Crippen LogP contribution in [0.2, 0.25) is 0 Å². The lowest BCUT2D eigenvalue weighted by molar-refractivity contribution is -0.946. The molecule has 2 heterocycles. The van der Waals surface area contributed by atoms with Crippen LogP contribution in [0.25, 0.3) is 0 Å². The fraction of sp³-hybridized carbons (Fsp3) is 0.227. The highest BCUT2D eigenvalue weighted by Crippen LogP contribution is 2.19. The number of nitrogens with one attached hydrogen (secondary N) is 2. The molecule has 7 nitrogen and oxygen atoms in total. The average molecular weight is 392 g/mol. The van der Waals surface area contributed by atoms with Gasteiger partial charge in [0, 0.05) is 18.1 Å². The van der Waals surface area contributed by atoms with Gasteiger partial charge in [-0.25, -0.2) is 0 Å². The van der Waals surface area contributed by atoms with Crippen molar-refractivity contribution >= 4 is 11.6 Å². The zero-order chi connectivity index (χ0) is 20.2. The van der Waals surface area contributed by atoms with E-state index in [2.05, 4.69) is 23.5 Å². The Balaban J connectivity index is 1.52. The molecule has 1 aliphatic rings. The first-order chi connectivity index (χ1) is 14.1. The highest BCUT2D eigenvalue weighted by molar-refractivity contribution is 5.98. The van der Waals surface area contributed by atoms with Crippen molar-refractivity contribution in [1.82, 2.24) is 5.32 Å². The summed E-state index contributed by atoms with van der Waals surface area (Å²) in [5, 5.41) is 14.1. The molecule has 0 saturated heterocycles. The summed E-state index contributed by atoms with van der Waals surface area (Å²) in [4.78, 5) is 24.6. The second kappa shape index (κ2) is 8.28. The van der Waals surface area contributed by atoms with Crippen molar-refractivity contribution in [2.75, 3.05) is 13.1 Å². The number of benzene rings is 2. The summed E-state index contributed by atoms with van der Waals surface area (Å²) in [5.41, 5.74) is 2.53. The van der Waals surface area contributed by atoms with Crippen molar-refractivity contribution in [2.24, 2.45) is 0 Å².